The zero-order valence-corrected chi connectivity index (χ0v) is 22.0. The minimum atomic E-state index is -4.74. The number of likely N-dealkylation sites (N-methyl/N-ethyl adjacent to an activating group) is 1. The van der Waals surface area contributed by atoms with Gasteiger partial charge in [0.1, 0.15) is 17.7 Å². The summed E-state index contributed by atoms with van der Waals surface area (Å²) in [4.78, 5) is 31.4. The number of nitrogens with one attached hydrogen (secondary N) is 1. The van der Waals surface area contributed by atoms with Gasteiger partial charge in [0.2, 0.25) is 0 Å². The van der Waals surface area contributed by atoms with Crippen molar-refractivity contribution < 1.29 is 31.9 Å². The number of piperazine rings is 1. The van der Waals surface area contributed by atoms with Gasteiger partial charge in [-0.25, -0.2) is 4.39 Å². The molecule has 0 aliphatic carbocycles. The van der Waals surface area contributed by atoms with Crippen LogP contribution in [0.3, 0.4) is 0 Å². The van der Waals surface area contributed by atoms with Crippen molar-refractivity contribution in [2.75, 3.05) is 20.1 Å². The van der Waals surface area contributed by atoms with E-state index in [1.54, 1.807) is 42.3 Å². The molecular formula is C27H29ClF4N4O3. The molecule has 39 heavy (non-hydrogen) atoms. The van der Waals surface area contributed by atoms with E-state index in [4.69, 9.17) is 11.6 Å². The third kappa shape index (κ3) is 5.85. The number of amides is 2. The Morgan fingerprint density at radius 3 is 2.33 bits per heavy atom. The molecule has 3 aliphatic rings. The fourth-order valence-electron chi connectivity index (χ4n) is 5.88. The predicted octanol–water partition coefficient (Wildman–Crippen LogP) is 4.03. The number of likely N-dealkylation sites (tertiary alicyclic amines) is 1. The third-order valence-corrected chi connectivity index (χ3v) is 8.26. The van der Waals surface area contributed by atoms with Crippen LogP contribution in [0.1, 0.15) is 36.4 Å². The number of carbonyl (C=O) groups excluding carboxylic acids is 2. The first-order valence-electron chi connectivity index (χ1n) is 12.8. The molecule has 4 unspecified atom stereocenters. The first-order chi connectivity index (χ1) is 18.5. The summed E-state index contributed by atoms with van der Waals surface area (Å²) >= 11 is 6.69. The first kappa shape index (κ1) is 27.7. The van der Waals surface area contributed by atoms with E-state index in [0.717, 1.165) is 5.56 Å². The van der Waals surface area contributed by atoms with Crippen LogP contribution >= 0.6 is 11.6 Å². The SMILES string of the molecule is CN1C(=O)C(=O)N(C2CCN(Cc3ccc(OC(F)(F)F)cc3)CC2)C2NC(c3ccccc3F)C(Cl)CC21. The highest BCUT2D eigenvalue weighted by Crippen LogP contribution is 2.38. The first-order valence-corrected chi connectivity index (χ1v) is 13.3. The molecule has 3 fully saturated rings. The molecule has 0 bridgehead atoms. The summed E-state index contributed by atoms with van der Waals surface area (Å²) < 4.78 is 55.8. The van der Waals surface area contributed by atoms with Gasteiger partial charge in [0.05, 0.1) is 17.5 Å². The molecule has 12 heteroatoms. The summed E-state index contributed by atoms with van der Waals surface area (Å²) in [7, 11) is 1.59. The minimum Gasteiger partial charge on any atom is -0.406 e. The number of hydrogen-bond donors (Lipinski definition) is 1. The van der Waals surface area contributed by atoms with Crippen molar-refractivity contribution >= 4 is 23.4 Å². The molecule has 0 saturated carbocycles. The lowest BCUT2D eigenvalue weighted by molar-refractivity contribution is -0.274. The predicted molar refractivity (Wildman–Crippen MR) is 135 cm³/mol. The number of alkyl halides is 4. The van der Waals surface area contributed by atoms with Gasteiger partial charge in [-0.15, -0.1) is 24.8 Å². The van der Waals surface area contributed by atoms with E-state index in [2.05, 4.69) is 15.0 Å². The molecule has 2 aromatic rings. The number of benzene rings is 2. The van der Waals surface area contributed by atoms with E-state index in [1.165, 1.54) is 23.1 Å². The lowest BCUT2D eigenvalue weighted by atomic mass is 9.88. The second-order valence-electron chi connectivity index (χ2n) is 10.3. The largest absolute Gasteiger partial charge is 0.573 e. The van der Waals surface area contributed by atoms with Crippen LogP contribution in [0.2, 0.25) is 0 Å². The number of piperidine rings is 2. The van der Waals surface area contributed by atoms with Crippen molar-refractivity contribution in [2.24, 2.45) is 0 Å². The third-order valence-electron chi connectivity index (χ3n) is 7.83. The van der Waals surface area contributed by atoms with Gasteiger partial charge in [-0.1, -0.05) is 30.3 Å². The molecule has 3 aliphatic heterocycles. The topological polar surface area (TPSA) is 65.1 Å². The Hall–Kier alpha value is -2.89. The van der Waals surface area contributed by atoms with Gasteiger partial charge in [-0.05, 0) is 43.0 Å². The van der Waals surface area contributed by atoms with Crippen molar-refractivity contribution in [3.05, 3.63) is 65.5 Å². The maximum Gasteiger partial charge on any atom is 0.573 e. The summed E-state index contributed by atoms with van der Waals surface area (Å²) in [5.74, 6) is -1.84. The Bertz CT molecular complexity index is 1210. The zero-order valence-electron chi connectivity index (χ0n) is 21.2. The number of fused-ring (bicyclic) bond motifs is 1. The van der Waals surface area contributed by atoms with Gasteiger partial charge in [0.25, 0.3) is 0 Å². The standard InChI is InChI=1S/C27H29ClF4N4O3/c1-34-22-14-20(28)23(19-4-2-3-5-21(19)29)33-24(22)36(26(38)25(34)37)17-10-12-35(13-11-17)15-16-6-8-18(9-7-16)39-27(30,31)32/h2-9,17,20,22-24,33H,10-15H2,1H3. The Balaban J connectivity index is 1.27. The summed E-state index contributed by atoms with van der Waals surface area (Å²) in [6.45, 7) is 1.79. The van der Waals surface area contributed by atoms with Crippen LogP contribution in [0.25, 0.3) is 0 Å². The number of carbonyl (C=O) groups is 2. The number of rotatable bonds is 5. The lowest BCUT2D eigenvalue weighted by Crippen LogP contribution is -2.73. The highest BCUT2D eigenvalue weighted by atomic mass is 35.5. The average molecular weight is 569 g/mol. The second kappa shape index (κ2) is 10.9. The second-order valence-corrected chi connectivity index (χ2v) is 10.8. The molecular weight excluding hydrogens is 540 g/mol. The highest BCUT2D eigenvalue weighted by Gasteiger charge is 2.52. The van der Waals surface area contributed by atoms with E-state index in [9.17, 15) is 27.2 Å². The smallest absolute Gasteiger partial charge is 0.406 e. The lowest BCUT2D eigenvalue weighted by Gasteiger charge is -2.54. The van der Waals surface area contributed by atoms with Gasteiger partial charge in [-0.2, -0.15) is 0 Å². The van der Waals surface area contributed by atoms with Gasteiger partial charge in [0.15, 0.2) is 0 Å². The molecule has 5 rings (SSSR count). The summed E-state index contributed by atoms with van der Waals surface area (Å²) in [6, 6.07) is 11.1. The van der Waals surface area contributed by atoms with Crippen LogP contribution in [-0.2, 0) is 16.1 Å². The van der Waals surface area contributed by atoms with E-state index >= 15 is 0 Å². The Morgan fingerprint density at radius 1 is 1.03 bits per heavy atom. The van der Waals surface area contributed by atoms with Crippen molar-refractivity contribution in [2.45, 2.75) is 61.8 Å². The van der Waals surface area contributed by atoms with Crippen LogP contribution in [0.5, 0.6) is 5.75 Å². The molecule has 3 saturated heterocycles. The van der Waals surface area contributed by atoms with E-state index in [-0.39, 0.29) is 23.7 Å². The Morgan fingerprint density at radius 2 is 1.69 bits per heavy atom. The van der Waals surface area contributed by atoms with Crippen LogP contribution in [0, 0.1) is 5.82 Å². The average Bonchev–Trinajstić information content (AvgIpc) is 2.89. The van der Waals surface area contributed by atoms with E-state index in [1.807, 2.05) is 0 Å². The van der Waals surface area contributed by atoms with Gasteiger partial charge in [-0.3, -0.25) is 19.8 Å². The Labute approximate surface area is 228 Å². The monoisotopic (exact) mass is 568 g/mol. The number of ether oxygens (including phenoxy) is 1. The van der Waals surface area contributed by atoms with Crippen LogP contribution in [-0.4, -0.2) is 76.6 Å². The van der Waals surface area contributed by atoms with Gasteiger partial charge in [0, 0.05) is 38.3 Å². The van der Waals surface area contributed by atoms with Crippen molar-refractivity contribution in [3.8, 4) is 5.75 Å². The molecule has 7 nitrogen and oxygen atoms in total. The van der Waals surface area contributed by atoms with Gasteiger partial charge < -0.3 is 14.5 Å². The zero-order chi connectivity index (χ0) is 27.9. The highest BCUT2D eigenvalue weighted by molar-refractivity contribution is 6.35. The molecule has 0 aromatic heterocycles. The normalized spacial score (nSPS) is 27.0. The summed E-state index contributed by atoms with van der Waals surface area (Å²) in [6.07, 6.45) is -3.64. The number of halogens is 5. The van der Waals surface area contributed by atoms with E-state index in [0.29, 0.717) is 44.5 Å². The van der Waals surface area contributed by atoms with Crippen LogP contribution in [0.4, 0.5) is 17.6 Å². The molecule has 4 atom stereocenters. The quantitative estimate of drug-likeness (QED) is 0.335. The Kier molecular flexibility index (Phi) is 7.76. The van der Waals surface area contributed by atoms with Gasteiger partial charge >= 0.3 is 18.2 Å². The van der Waals surface area contributed by atoms with E-state index < -0.39 is 35.8 Å². The van der Waals surface area contributed by atoms with Crippen LogP contribution < -0.4 is 10.1 Å². The molecule has 0 spiro atoms. The molecule has 2 amide bonds. The van der Waals surface area contributed by atoms with Crippen LogP contribution in [0.15, 0.2) is 48.5 Å². The molecule has 1 N–H and O–H groups in total. The van der Waals surface area contributed by atoms with Crippen molar-refractivity contribution in [3.63, 3.8) is 0 Å². The molecule has 0 radical (unpaired) electrons. The molecule has 210 valence electrons. The number of nitrogens with zero attached hydrogens (tertiary/aromatic N) is 3. The maximum atomic E-state index is 14.6. The maximum absolute atomic E-state index is 14.6. The van der Waals surface area contributed by atoms with Crippen molar-refractivity contribution in [1.82, 2.24) is 20.0 Å². The molecule has 3 heterocycles. The minimum absolute atomic E-state index is 0.206. The summed E-state index contributed by atoms with van der Waals surface area (Å²) in [5, 5.41) is 2.91. The fourth-order valence-corrected chi connectivity index (χ4v) is 6.28. The fraction of sp³-hybridized carbons (Fsp3) is 0.481. The molecule has 2 aromatic carbocycles. The summed E-state index contributed by atoms with van der Waals surface area (Å²) in [5.41, 5.74) is 1.26. The number of hydrogen-bond acceptors (Lipinski definition) is 5. The van der Waals surface area contributed by atoms with Crippen molar-refractivity contribution in [1.29, 1.82) is 0 Å².